The molecule has 0 aliphatic heterocycles. The summed E-state index contributed by atoms with van der Waals surface area (Å²) in [6, 6.07) is 19.9. The minimum atomic E-state index is -0.494. The van der Waals surface area contributed by atoms with Crippen molar-refractivity contribution >= 4 is 45.7 Å². The van der Waals surface area contributed by atoms with Crippen LogP contribution in [-0.2, 0) is 23.7 Å². The lowest BCUT2D eigenvalue weighted by Crippen LogP contribution is -2.22. The number of methoxy groups -OCH3 is 1. The summed E-state index contributed by atoms with van der Waals surface area (Å²) in [4.78, 5) is 29.5. The minimum absolute atomic E-state index is 0.0202. The van der Waals surface area contributed by atoms with Crippen LogP contribution < -0.4 is 31.2 Å². The summed E-state index contributed by atoms with van der Waals surface area (Å²) in [5.41, 5.74) is 7.80. The lowest BCUT2D eigenvalue weighted by atomic mass is 9.85. The first kappa shape index (κ1) is 29.9. The first-order valence-electron chi connectivity index (χ1n) is 14.0. The number of aromatic nitrogens is 3. The average molecular weight is 594 g/mol. The molecule has 2 heterocycles. The third-order valence-electron chi connectivity index (χ3n) is 6.91. The number of hydrogen-bond acceptors (Lipinski definition) is 7. The number of anilines is 4. The number of amides is 3. The summed E-state index contributed by atoms with van der Waals surface area (Å²) in [5, 5.41) is 14.9. The second kappa shape index (κ2) is 12.3. The molecule has 0 spiro atoms. The monoisotopic (exact) mass is 593 g/mol. The number of rotatable bonds is 9. The van der Waals surface area contributed by atoms with Crippen molar-refractivity contribution in [2.24, 2.45) is 12.8 Å². The Labute approximate surface area is 255 Å². The molecule has 3 amide bonds. The number of carbonyl (C=O) groups excluding carboxylic acids is 2. The fourth-order valence-corrected chi connectivity index (χ4v) is 4.80. The van der Waals surface area contributed by atoms with Gasteiger partial charge >= 0.3 is 6.03 Å². The molecule has 5 N–H and O–H groups in total. The fraction of sp³-hybridized carbons (Fsp3) is 0.212. The summed E-state index contributed by atoms with van der Waals surface area (Å²) < 4.78 is 13.6. The number of ether oxygens (including phenoxy) is 2. The normalized spacial score (nSPS) is 11.2. The van der Waals surface area contributed by atoms with Gasteiger partial charge in [-0.05, 0) is 35.2 Å². The van der Waals surface area contributed by atoms with Gasteiger partial charge in [-0.15, -0.1) is 0 Å². The molecule has 0 aliphatic carbocycles. The molecular formula is C33H35N7O4. The molecular weight excluding hydrogens is 558 g/mol. The Hall–Kier alpha value is -5.58. The van der Waals surface area contributed by atoms with Crippen molar-refractivity contribution in [3.63, 3.8) is 0 Å². The number of fused-ring (bicyclic) bond motifs is 1. The van der Waals surface area contributed by atoms with Crippen molar-refractivity contribution in [3.8, 4) is 17.2 Å². The first-order valence-corrected chi connectivity index (χ1v) is 14.0. The molecule has 2 aromatic heterocycles. The number of hydrogen-bond donors (Lipinski definition) is 4. The molecule has 0 radical (unpaired) electrons. The van der Waals surface area contributed by atoms with Crippen molar-refractivity contribution < 1.29 is 19.1 Å². The number of nitrogens with two attached hydrogens (primary N) is 1. The molecule has 5 aromatic rings. The highest BCUT2D eigenvalue weighted by Gasteiger charge is 2.22. The Morgan fingerprint density at radius 3 is 2.36 bits per heavy atom. The van der Waals surface area contributed by atoms with Crippen LogP contribution in [0.4, 0.5) is 27.8 Å². The highest BCUT2D eigenvalue weighted by atomic mass is 16.5. The van der Waals surface area contributed by atoms with Crippen molar-refractivity contribution in [1.29, 1.82) is 0 Å². The predicted octanol–water partition coefficient (Wildman–Crippen LogP) is 6.48. The SMILES string of the molecule is COc1c(CC(N)=O)cc(C(C)(C)C)cc1NC(=O)Nc1ccc(Oc2ccnc(Nc3ccn(C)n3)c2)c2ccccc12. The van der Waals surface area contributed by atoms with E-state index in [0.29, 0.717) is 45.8 Å². The lowest BCUT2D eigenvalue weighted by molar-refractivity contribution is -0.117. The maximum atomic E-state index is 13.3. The maximum absolute atomic E-state index is 13.3. The summed E-state index contributed by atoms with van der Waals surface area (Å²) in [6.45, 7) is 6.14. The molecule has 11 nitrogen and oxygen atoms in total. The van der Waals surface area contributed by atoms with Gasteiger partial charge in [0.05, 0.1) is 24.9 Å². The van der Waals surface area contributed by atoms with E-state index in [2.05, 4.69) is 26.0 Å². The summed E-state index contributed by atoms with van der Waals surface area (Å²) >= 11 is 0. The van der Waals surface area contributed by atoms with Crippen molar-refractivity contribution in [2.75, 3.05) is 23.1 Å². The van der Waals surface area contributed by atoms with Gasteiger partial charge in [-0.3, -0.25) is 9.48 Å². The molecule has 44 heavy (non-hydrogen) atoms. The smallest absolute Gasteiger partial charge is 0.323 e. The number of nitrogens with one attached hydrogen (secondary N) is 3. The Morgan fingerprint density at radius 2 is 1.68 bits per heavy atom. The number of urea groups is 1. The molecule has 0 aliphatic rings. The second-order valence-corrected chi connectivity index (χ2v) is 11.3. The van der Waals surface area contributed by atoms with Crippen LogP contribution in [0.3, 0.4) is 0 Å². The van der Waals surface area contributed by atoms with Crippen LogP contribution in [0.25, 0.3) is 10.8 Å². The zero-order chi connectivity index (χ0) is 31.4. The quantitative estimate of drug-likeness (QED) is 0.153. The Bertz CT molecular complexity index is 1840. The maximum Gasteiger partial charge on any atom is 0.323 e. The van der Waals surface area contributed by atoms with Gasteiger partial charge in [0.2, 0.25) is 5.91 Å². The lowest BCUT2D eigenvalue weighted by Gasteiger charge is -2.23. The van der Waals surface area contributed by atoms with Gasteiger partial charge in [-0.25, -0.2) is 9.78 Å². The van der Waals surface area contributed by atoms with Crippen LogP contribution in [-0.4, -0.2) is 33.8 Å². The average Bonchev–Trinajstić information content (AvgIpc) is 3.37. The molecule has 11 heteroatoms. The van der Waals surface area contributed by atoms with Crippen molar-refractivity contribution in [2.45, 2.75) is 32.6 Å². The standard InChI is InChI=1S/C33H35N7O4/c1-33(2,3)21-16-20(17-28(34)41)31(43-5)26(18-21)37-32(42)36-25-10-11-27(24-9-7-6-8-23(24)25)44-22-12-14-35-30(19-22)38-29-13-15-40(4)39-29/h6-16,18-19H,17H2,1-5H3,(H2,34,41)(H,35,38,39)(H2,36,37,42). The van der Waals surface area contributed by atoms with E-state index in [9.17, 15) is 9.59 Å². The number of benzene rings is 3. The van der Waals surface area contributed by atoms with Gasteiger partial charge in [0, 0.05) is 47.9 Å². The highest BCUT2D eigenvalue weighted by Crippen LogP contribution is 2.37. The third kappa shape index (κ3) is 6.89. The highest BCUT2D eigenvalue weighted by molar-refractivity contribution is 6.08. The van der Waals surface area contributed by atoms with E-state index >= 15 is 0 Å². The molecule has 0 atom stereocenters. The van der Waals surface area contributed by atoms with Crippen LogP contribution >= 0.6 is 0 Å². The van der Waals surface area contributed by atoms with E-state index in [1.54, 1.807) is 35.1 Å². The number of nitrogens with zero attached hydrogens (tertiary/aromatic N) is 3. The molecule has 0 saturated heterocycles. The van der Waals surface area contributed by atoms with Gasteiger partial charge in [0.15, 0.2) is 5.82 Å². The van der Waals surface area contributed by atoms with Crippen molar-refractivity contribution in [3.05, 3.63) is 90.3 Å². The third-order valence-corrected chi connectivity index (χ3v) is 6.91. The summed E-state index contributed by atoms with van der Waals surface area (Å²) in [5.74, 6) is 2.34. The van der Waals surface area contributed by atoms with Crippen LogP contribution in [0.2, 0.25) is 0 Å². The minimum Gasteiger partial charge on any atom is -0.494 e. The number of carbonyl (C=O) groups is 2. The van der Waals surface area contributed by atoms with Crippen LogP contribution in [0.5, 0.6) is 17.2 Å². The Morgan fingerprint density at radius 1 is 0.932 bits per heavy atom. The fourth-order valence-electron chi connectivity index (χ4n) is 4.80. The van der Waals surface area contributed by atoms with Crippen LogP contribution in [0.15, 0.2) is 79.1 Å². The largest absolute Gasteiger partial charge is 0.494 e. The van der Waals surface area contributed by atoms with E-state index in [4.69, 9.17) is 15.2 Å². The molecule has 3 aromatic carbocycles. The predicted molar refractivity (Wildman–Crippen MR) is 172 cm³/mol. The summed E-state index contributed by atoms with van der Waals surface area (Å²) in [7, 11) is 3.33. The first-order chi connectivity index (χ1) is 21.0. The number of pyridine rings is 1. The van der Waals surface area contributed by atoms with E-state index < -0.39 is 11.9 Å². The van der Waals surface area contributed by atoms with Crippen molar-refractivity contribution in [1.82, 2.24) is 14.8 Å². The van der Waals surface area contributed by atoms with E-state index in [0.717, 1.165) is 16.3 Å². The van der Waals surface area contributed by atoms with Gasteiger partial charge in [0.1, 0.15) is 23.1 Å². The Balaban J connectivity index is 1.39. The van der Waals surface area contributed by atoms with Gasteiger partial charge in [-0.2, -0.15) is 5.10 Å². The molecule has 0 fully saturated rings. The second-order valence-electron chi connectivity index (χ2n) is 11.3. The number of primary amides is 1. The summed E-state index contributed by atoms with van der Waals surface area (Å²) in [6.07, 6.45) is 3.47. The van der Waals surface area contributed by atoms with Gasteiger partial charge < -0.3 is 31.2 Å². The Kier molecular flexibility index (Phi) is 8.38. The molecule has 0 saturated carbocycles. The van der Waals surface area contributed by atoms with Crippen LogP contribution in [0, 0.1) is 0 Å². The zero-order valence-corrected chi connectivity index (χ0v) is 25.3. The number of aryl methyl sites for hydroxylation is 1. The van der Waals surface area contributed by atoms with Crippen LogP contribution in [0.1, 0.15) is 31.9 Å². The van der Waals surface area contributed by atoms with E-state index in [1.165, 1.54) is 7.11 Å². The van der Waals surface area contributed by atoms with Gasteiger partial charge in [0.25, 0.3) is 0 Å². The zero-order valence-electron chi connectivity index (χ0n) is 25.3. The molecule has 0 unspecified atom stereocenters. The topological polar surface area (TPSA) is 145 Å². The molecule has 226 valence electrons. The van der Waals surface area contributed by atoms with Gasteiger partial charge in [-0.1, -0.05) is 51.1 Å². The van der Waals surface area contributed by atoms with E-state index in [-0.39, 0.29) is 11.8 Å². The van der Waals surface area contributed by atoms with E-state index in [1.807, 2.05) is 76.5 Å². The molecule has 0 bridgehead atoms. The molecule has 5 rings (SSSR count).